The molecule has 0 saturated heterocycles. The maximum Gasteiger partial charge on any atom is 0.128 e. The van der Waals surface area contributed by atoms with E-state index in [1.165, 1.54) is 0 Å². The highest BCUT2D eigenvalue weighted by Gasteiger charge is 2.03. The summed E-state index contributed by atoms with van der Waals surface area (Å²) in [5.74, 6) is 1.58. The molecular formula is C15H14BrNO2. The lowest BCUT2D eigenvalue weighted by Crippen LogP contribution is -2.09. The van der Waals surface area contributed by atoms with Gasteiger partial charge in [-0.1, -0.05) is 46.3 Å². The number of hydrogen-bond donors (Lipinski definition) is 1. The highest BCUT2D eigenvalue weighted by Crippen LogP contribution is 2.24. The summed E-state index contributed by atoms with van der Waals surface area (Å²) in [5.41, 5.74) is 4.58. The molecule has 0 atom stereocenters. The van der Waals surface area contributed by atoms with Gasteiger partial charge in [0.05, 0.1) is 12.8 Å². The lowest BCUT2D eigenvalue weighted by atomic mass is 10.2. The van der Waals surface area contributed by atoms with Gasteiger partial charge in [0.15, 0.2) is 0 Å². The van der Waals surface area contributed by atoms with Crippen LogP contribution in [0.25, 0.3) is 5.70 Å². The van der Waals surface area contributed by atoms with E-state index in [0.717, 1.165) is 22.8 Å². The van der Waals surface area contributed by atoms with Crippen molar-refractivity contribution in [3.05, 3.63) is 65.1 Å². The lowest BCUT2D eigenvalue weighted by molar-refractivity contribution is 0.137. The number of nitrogens with one attached hydrogen (secondary N) is 1. The van der Waals surface area contributed by atoms with Gasteiger partial charge in [-0.05, 0) is 24.3 Å². The Bertz CT molecular complexity index is 555. The van der Waals surface area contributed by atoms with E-state index in [4.69, 9.17) is 9.57 Å². The van der Waals surface area contributed by atoms with Crippen molar-refractivity contribution >= 4 is 21.6 Å². The molecule has 0 saturated carbocycles. The van der Waals surface area contributed by atoms with Gasteiger partial charge in [0.25, 0.3) is 0 Å². The largest absolute Gasteiger partial charge is 0.457 e. The molecule has 0 aliphatic heterocycles. The first kappa shape index (κ1) is 13.6. The molecule has 0 aliphatic carbocycles. The molecule has 0 aromatic heterocycles. The summed E-state index contributed by atoms with van der Waals surface area (Å²) in [6.07, 6.45) is 0. The third-order valence-electron chi connectivity index (χ3n) is 2.45. The first-order valence-electron chi connectivity index (χ1n) is 5.76. The number of ether oxygens (including phenoxy) is 1. The van der Waals surface area contributed by atoms with Gasteiger partial charge in [-0.3, -0.25) is 10.3 Å². The number of hydrogen-bond acceptors (Lipinski definition) is 3. The van der Waals surface area contributed by atoms with E-state index in [2.05, 4.69) is 21.4 Å². The molecular weight excluding hydrogens is 306 g/mol. The molecule has 19 heavy (non-hydrogen) atoms. The second-order valence-corrected chi connectivity index (χ2v) is 4.23. The van der Waals surface area contributed by atoms with E-state index in [1.807, 2.05) is 54.6 Å². The summed E-state index contributed by atoms with van der Waals surface area (Å²) in [5, 5.41) is 0. The molecule has 2 aromatic carbocycles. The van der Waals surface area contributed by atoms with Crippen molar-refractivity contribution in [3.8, 4) is 11.5 Å². The van der Waals surface area contributed by atoms with Crippen LogP contribution in [0.4, 0.5) is 0 Å². The van der Waals surface area contributed by atoms with Crippen LogP contribution in [0.5, 0.6) is 11.5 Å². The van der Waals surface area contributed by atoms with Crippen molar-refractivity contribution in [2.24, 2.45) is 0 Å². The van der Waals surface area contributed by atoms with Crippen molar-refractivity contribution < 1.29 is 9.57 Å². The van der Waals surface area contributed by atoms with Crippen LogP contribution in [-0.2, 0) is 4.84 Å². The Kier molecular flexibility index (Phi) is 5.01. The Hall–Kier alpha value is -1.78. The highest BCUT2D eigenvalue weighted by atomic mass is 79.9. The lowest BCUT2D eigenvalue weighted by Gasteiger charge is -2.10. The minimum Gasteiger partial charge on any atom is -0.457 e. The Morgan fingerprint density at radius 3 is 2.47 bits per heavy atom. The van der Waals surface area contributed by atoms with Crippen LogP contribution in [0.2, 0.25) is 0 Å². The molecule has 0 bridgehead atoms. The fraction of sp³-hybridized carbons (Fsp3) is 0.0667. The van der Waals surface area contributed by atoms with Crippen molar-refractivity contribution in [2.75, 3.05) is 7.11 Å². The molecule has 0 fully saturated rings. The average Bonchev–Trinajstić information content (AvgIpc) is 2.46. The maximum atomic E-state index is 5.78. The van der Waals surface area contributed by atoms with Crippen LogP contribution >= 0.6 is 15.9 Å². The molecule has 0 aliphatic rings. The topological polar surface area (TPSA) is 30.5 Å². The number of halogens is 1. The van der Waals surface area contributed by atoms with Crippen LogP contribution in [0, 0.1) is 0 Å². The smallest absolute Gasteiger partial charge is 0.128 e. The van der Waals surface area contributed by atoms with Gasteiger partial charge >= 0.3 is 0 Å². The van der Waals surface area contributed by atoms with Crippen LogP contribution in [-0.4, -0.2) is 7.11 Å². The van der Waals surface area contributed by atoms with Gasteiger partial charge in [-0.2, -0.15) is 0 Å². The Morgan fingerprint density at radius 1 is 1.05 bits per heavy atom. The standard InChI is InChI=1S/C15H14BrNO2/c1-18-17-15(11-16)12-6-5-9-14(10-12)19-13-7-3-2-4-8-13/h2-11,17H,1H3. The summed E-state index contributed by atoms with van der Waals surface area (Å²) in [6, 6.07) is 17.4. The molecule has 2 rings (SSSR count). The van der Waals surface area contributed by atoms with E-state index >= 15 is 0 Å². The minimum atomic E-state index is 0.772. The zero-order valence-corrected chi connectivity index (χ0v) is 12.1. The summed E-state index contributed by atoms with van der Waals surface area (Å²) in [4.78, 5) is 6.68. The predicted octanol–water partition coefficient (Wildman–Crippen LogP) is 4.32. The number of para-hydroxylation sites is 1. The maximum absolute atomic E-state index is 5.78. The quantitative estimate of drug-likeness (QED) is 0.832. The van der Waals surface area contributed by atoms with Crippen LogP contribution < -0.4 is 10.2 Å². The monoisotopic (exact) mass is 319 g/mol. The Morgan fingerprint density at radius 2 is 1.79 bits per heavy atom. The zero-order valence-electron chi connectivity index (χ0n) is 10.5. The molecule has 1 N–H and O–H groups in total. The first-order chi connectivity index (χ1) is 9.33. The summed E-state index contributed by atoms with van der Waals surface area (Å²) in [6.45, 7) is 0. The van der Waals surface area contributed by atoms with E-state index in [9.17, 15) is 0 Å². The second-order valence-electron chi connectivity index (χ2n) is 3.77. The van der Waals surface area contributed by atoms with Crippen molar-refractivity contribution in [1.29, 1.82) is 0 Å². The molecule has 0 amide bonds. The van der Waals surface area contributed by atoms with E-state index in [0.29, 0.717) is 0 Å². The molecule has 98 valence electrons. The van der Waals surface area contributed by atoms with E-state index < -0.39 is 0 Å². The number of rotatable bonds is 5. The SMILES string of the molecule is CONC(=CBr)c1cccc(Oc2ccccc2)c1. The van der Waals surface area contributed by atoms with Crippen molar-refractivity contribution in [3.63, 3.8) is 0 Å². The van der Waals surface area contributed by atoms with E-state index in [-0.39, 0.29) is 0 Å². The average molecular weight is 320 g/mol. The highest BCUT2D eigenvalue weighted by molar-refractivity contribution is 9.11. The predicted molar refractivity (Wildman–Crippen MR) is 80.0 cm³/mol. The van der Waals surface area contributed by atoms with Gasteiger partial charge in [0, 0.05) is 10.5 Å². The van der Waals surface area contributed by atoms with Crippen molar-refractivity contribution in [1.82, 2.24) is 5.48 Å². The summed E-state index contributed by atoms with van der Waals surface area (Å²) in [7, 11) is 1.57. The third-order valence-corrected chi connectivity index (χ3v) is 2.90. The molecule has 0 heterocycles. The van der Waals surface area contributed by atoms with E-state index in [1.54, 1.807) is 12.1 Å². The van der Waals surface area contributed by atoms with Gasteiger partial charge in [-0.25, -0.2) is 0 Å². The minimum absolute atomic E-state index is 0.772. The molecule has 0 spiro atoms. The summed E-state index contributed by atoms with van der Waals surface area (Å²) < 4.78 is 5.78. The molecule has 2 aromatic rings. The molecule has 3 nitrogen and oxygen atoms in total. The fourth-order valence-electron chi connectivity index (χ4n) is 1.61. The fourth-order valence-corrected chi connectivity index (χ4v) is 1.96. The Labute approximate surface area is 120 Å². The summed E-state index contributed by atoms with van der Waals surface area (Å²) >= 11 is 3.30. The first-order valence-corrected chi connectivity index (χ1v) is 6.68. The van der Waals surface area contributed by atoms with Gasteiger partial charge in [0.2, 0.25) is 0 Å². The normalized spacial score (nSPS) is 11.2. The van der Waals surface area contributed by atoms with Crippen LogP contribution in [0.3, 0.4) is 0 Å². The van der Waals surface area contributed by atoms with Gasteiger partial charge < -0.3 is 4.74 Å². The molecule has 4 heteroatoms. The van der Waals surface area contributed by atoms with Gasteiger partial charge in [0.1, 0.15) is 11.5 Å². The number of hydroxylamine groups is 1. The molecule has 0 unspecified atom stereocenters. The van der Waals surface area contributed by atoms with Crippen LogP contribution in [0.15, 0.2) is 59.6 Å². The van der Waals surface area contributed by atoms with Gasteiger partial charge in [-0.15, -0.1) is 0 Å². The van der Waals surface area contributed by atoms with Crippen molar-refractivity contribution in [2.45, 2.75) is 0 Å². The zero-order chi connectivity index (χ0) is 13.5. The van der Waals surface area contributed by atoms with Crippen LogP contribution in [0.1, 0.15) is 5.56 Å². The third kappa shape index (κ3) is 3.84. The number of benzene rings is 2. The Balaban J connectivity index is 2.20. The molecule has 0 radical (unpaired) electrons. The second kappa shape index (κ2) is 6.97.